The Morgan fingerprint density at radius 1 is 1.00 bits per heavy atom. The lowest BCUT2D eigenvalue weighted by Crippen LogP contribution is -2.40. The van der Waals surface area contributed by atoms with Gasteiger partial charge in [0.1, 0.15) is 0 Å². The van der Waals surface area contributed by atoms with Gasteiger partial charge in [-0.2, -0.15) is 0 Å². The Hall–Kier alpha value is -4.17. The Kier molecular flexibility index (Phi) is 5.97. The lowest BCUT2D eigenvalue weighted by atomic mass is 9.76. The van der Waals surface area contributed by atoms with E-state index in [1.165, 1.54) is 0 Å². The smallest absolute Gasteiger partial charge is 0.251 e. The fraction of sp³-hybridized carbons (Fsp3) is 0.0968. The van der Waals surface area contributed by atoms with Gasteiger partial charge in [-0.05, 0) is 77.2 Å². The second-order valence-corrected chi connectivity index (χ2v) is 9.35. The Labute approximate surface area is 215 Å². The van der Waals surface area contributed by atoms with Crippen molar-refractivity contribution in [1.29, 1.82) is 0 Å². The Bertz CT molecular complexity index is 1710. The average Bonchev–Trinajstić information content (AvgIpc) is 2.90. The van der Waals surface area contributed by atoms with E-state index >= 15 is 0 Å². The molecule has 2 N–H and O–H groups in total. The molecule has 0 amide bonds. The third-order valence-electron chi connectivity index (χ3n) is 6.81. The molecule has 5 heteroatoms. The maximum atomic E-state index is 12.9. The first-order valence-electron chi connectivity index (χ1n) is 11.5. The van der Waals surface area contributed by atoms with Crippen molar-refractivity contribution in [1.82, 2.24) is 9.55 Å². The highest BCUT2D eigenvalue weighted by molar-refractivity contribution is 6.30. The van der Waals surface area contributed by atoms with Gasteiger partial charge in [-0.3, -0.25) is 9.78 Å². The van der Waals surface area contributed by atoms with Crippen molar-refractivity contribution >= 4 is 22.5 Å². The Morgan fingerprint density at radius 2 is 1.75 bits per heavy atom. The highest BCUT2D eigenvalue weighted by Crippen LogP contribution is 2.38. The maximum absolute atomic E-state index is 12.9. The molecule has 4 nitrogen and oxygen atoms in total. The summed E-state index contributed by atoms with van der Waals surface area (Å²) in [5.41, 5.74) is 13.1. The van der Waals surface area contributed by atoms with E-state index in [0.717, 1.165) is 49.8 Å². The molecule has 0 saturated carbocycles. The summed E-state index contributed by atoms with van der Waals surface area (Å²) in [5.74, 6) is 2.68. The zero-order chi connectivity index (χ0) is 25.4. The summed E-state index contributed by atoms with van der Waals surface area (Å²) in [6, 6.07) is 24.8. The molecule has 0 aliphatic carbocycles. The van der Waals surface area contributed by atoms with Gasteiger partial charge >= 0.3 is 0 Å². The number of hydrogen-bond acceptors (Lipinski definition) is 3. The summed E-state index contributed by atoms with van der Waals surface area (Å²) < 4.78 is 1.64. The summed E-state index contributed by atoms with van der Waals surface area (Å²) >= 11 is 6.21. The van der Waals surface area contributed by atoms with Crippen LogP contribution in [0.4, 0.5) is 0 Å². The molecule has 1 unspecified atom stereocenters. The minimum absolute atomic E-state index is 0.101. The van der Waals surface area contributed by atoms with E-state index in [0.29, 0.717) is 5.02 Å². The molecule has 0 spiro atoms. The molecule has 176 valence electrons. The number of aromatic nitrogens is 2. The van der Waals surface area contributed by atoms with E-state index in [-0.39, 0.29) is 5.56 Å². The summed E-state index contributed by atoms with van der Waals surface area (Å²) in [6.45, 7) is 2.02. The number of terminal acetylenes is 1. The number of halogens is 1. The topological polar surface area (TPSA) is 60.9 Å². The fourth-order valence-electron chi connectivity index (χ4n) is 4.79. The average molecular weight is 490 g/mol. The predicted octanol–water partition coefficient (Wildman–Crippen LogP) is 5.79. The molecule has 5 rings (SSSR count). The summed E-state index contributed by atoms with van der Waals surface area (Å²) in [7, 11) is 1.77. The highest BCUT2D eigenvalue weighted by atomic mass is 35.5. The van der Waals surface area contributed by atoms with Crippen LogP contribution in [0.3, 0.4) is 0 Å². The molecule has 0 aliphatic heterocycles. The number of nitrogens with zero attached hydrogens (tertiary/aromatic N) is 2. The fourth-order valence-corrected chi connectivity index (χ4v) is 4.91. The summed E-state index contributed by atoms with van der Waals surface area (Å²) in [5, 5.41) is 1.53. The molecular formula is C31H24ClN3O. The van der Waals surface area contributed by atoms with Crippen LogP contribution in [-0.4, -0.2) is 9.55 Å². The van der Waals surface area contributed by atoms with E-state index in [1.807, 2.05) is 79.9 Å². The standard InChI is InChI=1S/C31H24ClN3O/c1-4-21-6-5-7-22(16-21)26-18-30(36)35(3)29-13-10-24(17-27(26)29)31(33,23-8-11-25(32)12-9-23)28-19-34-15-14-20(28)2/h1,5-19H,33H2,2-3H3. The van der Waals surface area contributed by atoms with Crippen LogP contribution in [0.1, 0.15) is 27.8 Å². The first-order valence-corrected chi connectivity index (χ1v) is 11.9. The molecule has 5 aromatic rings. The normalized spacial score (nSPS) is 12.8. The molecule has 0 fully saturated rings. The third-order valence-corrected chi connectivity index (χ3v) is 7.06. The number of fused-ring (bicyclic) bond motifs is 1. The van der Waals surface area contributed by atoms with Crippen LogP contribution in [0.25, 0.3) is 22.0 Å². The summed E-state index contributed by atoms with van der Waals surface area (Å²) in [6.07, 6.45) is 9.22. The Balaban J connectivity index is 1.85. The van der Waals surface area contributed by atoms with E-state index in [9.17, 15) is 4.79 Å². The molecule has 0 saturated heterocycles. The quantitative estimate of drug-likeness (QED) is 0.325. The van der Waals surface area contributed by atoms with Crippen LogP contribution < -0.4 is 11.3 Å². The highest BCUT2D eigenvalue weighted by Gasteiger charge is 2.34. The van der Waals surface area contributed by atoms with Gasteiger partial charge in [0, 0.05) is 47.0 Å². The molecule has 0 aliphatic rings. The van der Waals surface area contributed by atoms with Crippen molar-refractivity contribution in [3.63, 3.8) is 0 Å². The van der Waals surface area contributed by atoms with Crippen LogP contribution in [0, 0.1) is 19.3 Å². The van der Waals surface area contributed by atoms with Crippen LogP contribution in [0.2, 0.25) is 5.02 Å². The van der Waals surface area contributed by atoms with Crippen LogP contribution >= 0.6 is 11.6 Å². The first-order chi connectivity index (χ1) is 17.3. The van der Waals surface area contributed by atoms with Crippen molar-refractivity contribution < 1.29 is 0 Å². The lowest BCUT2D eigenvalue weighted by molar-refractivity contribution is 0.645. The van der Waals surface area contributed by atoms with Gasteiger partial charge in [0.2, 0.25) is 0 Å². The van der Waals surface area contributed by atoms with Gasteiger partial charge in [-0.1, -0.05) is 47.9 Å². The van der Waals surface area contributed by atoms with Crippen molar-refractivity contribution in [2.75, 3.05) is 0 Å². The van der Waals surface area contributed by atoms with Gasteiger partial charge in [0.15, 0.2) is 0 Å². The monoisotopic (exact) mass is 489 g/mol. The summed E-state index contributed by atoms with van der Waals surface area (Å²) in [4.78, 5) is 17.2. The number of hydrogen-bond donors (Lipinski definition) is 1. The van der Waals surface area contributed by atoms with Gasteiger partial charge in [-0.15, -0.1) is 6.42 Å². The van der Waals surface area contributed by atoms with Gasteiger partial charge in [0.25, 0.3) is 5.56 Å². The van der Waals surface area contributed by atoms with Crippen molar-refractivity contribution in [3.05, 3.63) is 134 Å². The number of benzene rings is 3. The van der Waals surface area contributed by atoms with Gasteiger partial charge < -0.3 is 10.3 Å². The molecule has 2 aromatic heterocycles. The van der Waals surface area contributed by atoms with E-state index in [1.54, 1.807) is 23.9 Å². The van der Waals surface area contributed by atoms with Gasteiger partial charge in [-0.25, -0.2) is 0 Å². The zero-order valence-electron chi connectivity index (χ0n) is 20.0. The molecule has 36 heavy (non-hydrogen) atoms. The largest absolute Gasteiger partial charge is 0.314 e. The number of nitrogens with two attached hydrogens (primary N) is 1. The number of rotatable bonds is 4. The molecule has 1 atom stereocenters. The molecule has 3 aromatic carbocycles. The van der Waals surface area contributed by atoms with Crippen LogP contribution in [0.15, 0.2) is 96.1 Å². The SMILES string of the molecule is C#Cc1cccc(-c2cc(=O)n(C)c3ccc(C(N)(c4ccc(Cl)cc4)c4cnccc4C)cc23)c1. The Morgan fingerprint density at radius 3 is 2.47 bits per heavy atom. The maximum Gasteiger partial charge on any atom is 0.251 e. The van der Waals surface area contributed by atoms with Crippen molar-refractivity contribution in [2.24, 2.45) is 12.8 Å². The molecule has 2 heterocycles. The van der Waals surface area contributed by atoms with E-state index < -0.39 is 5.54 Å². The minimum atomic E-state index is -1.01. The number of aryl methyl sites for hydroxylation is 2. The third kappa shape index (κ3) is 3.89. The second-order valence-electron chi connectivity index (χ2n) is 8.92. The second kappa shape index (κ2) is 9.13. The van der Waals surface area contributed by atoms with Crippen molar-refractivity contribution in [2.45, 2.75) is 12.5 Å². The molecule has 0 bridgehead atoms. The zero-order valence-corrected chi connectivity index (χ0v) is 20.8. The predicted molar refractivity (Wildman–Crippen MR) is 147 cm³/mol. The molecule has 0 radical (unpaired) electrons. The first kappa shape index (κ1) is 23.6. The minimum Gasteiger partial charge on any atom is -0.314 e. The molecular weight excluding hydrogens is 466 g/mol. The van der Waals surface area contributed by atoms with E-state index in [2.05, 4.69) is 17.0 Å². The number of pyridine rings is 2. The van der Waals surface area contributed by atoms with Crippen LogP contribution in [-0.2, 0) is 12.6 Å². The van der Waals surface area contributed by atoms with E-state index in [4.69, 9.17) is 23.8 Å². The lowest BCUT2D eigenvalue weighted by Gasteiger charge is -2.33. The van der Waals surface area contributed by atoms with Crippen molar-refractivity contribution in [3.8, 4) is 23.5 Å². The van der Waals surface area contributed by atoms with Gasteiger partial charge in [0.05, 0.1) is 11.1 Å². The van der Waals surface area contributed by atoms with Crippen LogP contribution in [0.5, 0.6) is 0 Å².